The summed E-state index contributed by atoms with van der Waals surface area (Å²) in [6.07, 6.45) is 2.59. The summed E-state index contributed by atoms with van der Waals surface area (Å²) in [7, 11) is 0. The van der Waals surface area contributed by atoms with Gasteiger partial charge in [0, 0.05) is 30.3 Å². The standard InChI is InChI=1S/C16H18ClN3O2/c17-11-3-5-12(6-4-11)18-9-7-13(10-18)20-15(21)14-2-1-8-19(14)16(20)22/h3-6,13-14H,1-2,7-10H2/t13-,14+/m0/s1. The molecule has 0 aromatic heterocycles. The molecule has 0 aliphatic carbocycles. The van der Waals surface area contributed by atoms with Crippen LogP contribution < -0.4 is 4.90 Å². The van der Waals surface area contributed by atoms with Gasteiger partial charge in [0.2, 0.25) is 0 Å². The molecule has 0 radical (unpaired) electrons. The van der Waals surface area contributed by atoms with Crippen LogP contribution in [0.2, 0.25) is 5.02 Å². The zero-order chi connectivity index (χ0) is 15.3. The lowest BCUT2D eigenvalue weighted by Gasteiger charge is -2.24. The lowest BCUT2D eigenvalue weighted by molar-refractivity contribution is -0.129. The average Bonchev–Trinajstić information content (AvgIpc) is 3.20. The molecule has 0 N–H and O–H groups in total. The molecule has 0 unspecified atom stereocenters. The number of halogens is 1. The minimum absolute atomic E-state index is 0.00505. The first-order valence-electron chi connectivity index (χ1n) is 7.79. The van der Waals surface area contributed by atoms with Crippen molar-refractivity contribution in [1.82, 2.24) is 9.80 Å². The Balaban J connectivity index is 1.50. The van der Waals surface area contributed by atoms with Gasteiger partial charge in [-0.2, -0.15) is 0 Å². The number of anilines is 1. The third-order valence-corrected chi connectivity index (χ3v) is 5.20. The second-order valence-electron chi connectivity index (χ2n) is 6.21. The van der Waals surface area contributed by atoms with Crippen LogP contribution in [0, 0.1) is 0 Å². The number of nitrogens with zero attached hydrogens (tertiary/aromatic N) is 3. The Morgan fingerprint density at radius 3 is 2.55 bits per heavy atom. The minimum Gasteiger partial charge on any atom is -0.369 e. The van der Waals surface area contributed by atoms with E-state index in [-0.39, 0.29) is 24.0 Å². The van der Waals surface area contributed by atoms with E-state index in [2.05, 4.69) is 4.90 Å². The summed E-state index contributed by atoms with van der Waals surface area (Å²) in [4.78, 5) is 30.4. The maximum Gasteiger partial charge on any atom is 0.327 e. The Kier molecular flexibility index (Phi) is 3.26. The molecule has 0 bridgehead atoms. The molecule has 0 spiro atoms. The molecule has 22 heavy (non-hydrogen) atoms. The first-order chi connectivity index (χ1) is 10.6. The Labute approximate surface area is 134 Å². The number of carbonyl (C=O) groups excluding carboxylic acids is 2. The van der Waals surface area contributed by atoms with Crippen molar-refractivity contribution in [2.24, 2.45) is 0 Å². The largest absolute Gasteiger partial charge is 0.369 e. The minimum atomic E-state index is -0.197. The maximum atomic E-state index is 12.5. The summed E-state index contributed by atoms with van der Waals surface area (Å²) >= 11 is 5.92. The second-order valence-corrected chi connectivity index (χ2v) is 6.64. The Morgan fingerprint density at radius 1 is 1.05 bits per heavy atom. The van der Waals surface area contributed by atoms with Crippen LogP contribution in [0.1, 0.15) is 19.3 Å². The number of amides is 3. The molecule has 3 heterocycles. The topological polar surface area (TPSA) is 43.9 Å². The summed E-state index contributed by atoms with van der Waals surface area (Å²) in [5.41, 5.74) is 1.09. The van der Waals surface area contributed by atoms with Crippen LogP contribution in [-0.2, 0) is 4.79 Å². The SMILES string of the molecule is O=C1[C@H]2CCCN2C(=O)N1[C@H]1CCN(c2ccc(Cl)cc2)C1. The molecule has 3 aliphatic rings. The first-order valence-corrected chi connectivity index (χ1v) is 8.17. The van der Waals surface area contributed by atoms with E-state index in [4.69, 9.17) is 11.6 Å². The highest BCUT2D eigenvalue weighted by Gasteiger charge is 2.50. The van der Waals surface area contributed by atoms with Gasteiger partial charge in [-0.15, -0.1) is 0 Å². The molecular weight excluding hydrogens is 302 g/mol. The molecule has 2 atom stereocenters. The van der Waals surface area contributed by atoms with E-state index in [1.807, 2.05) is 24.3 Å². The molecule has 4 rings (SSSR count). The molecule has 116 valence electrons. The summed E-state index contributed by atoms with van der Waals surface area (Å²) in [6.45, 7) is 2.28. The van der Waals surface area contributed by atoms with Crippen LogP contribution in [-0.4, -0.2) is 53.5 Å². The average molecular weight is 320 g/mol. The summed E-state index contributed by atoms with van der Waals surface area (Å²) in [5, 5.41) is 0.713. The van der Waals surface area contributed by atoms with Gasteiger partial charge >= 0.3 is 6.03 Å². The number of carbonyl (C=O) groups is 2. The number of hydrogen-bond acceptors (Lipinski definition) is 3. The molecule has 3 amide bonds. The highest BCUT2D eigenvalue weighted by molar-refractivity contribution is 6.30. The van der Waals surface area contributed by atoms with Gasteiger partial charge in [0.1, 0.15) is 6.04 Å². The van der Waals surface area contributed by atoms with Gasteiger partial charge in [-0.05, 0) is 43.5 Å². The molecule has 1 aromatic rings. The smallest absolute Gasteiger partial charge is 0.327 e. The van der Waals surface area contributed by atoms with Crippen molar-refractivity contribution >= 4 is 29.2 Å². The van der Waals surface area contributed by atoms with Crippen LogP contribution in [0.5, 0.6) is 0 Å². The van der Waals surface area contributed by atoms with Crippen LogP contribution in [0.4, 0.5) is 10.5 Å². The van der Waals surface area contributed by atoms with E-state index in [0.717, 1.165) is 38.0 Å². The van der Waals surface area contributed by atoms with Crippen LogP contribution in [0.3, 0.4) is 0 Å². The van der Waals surface area contributed by atoms with Crippen LogP contribution in [0.25, 0.3) is 0 Å². The number of imide groups is 1. The van der Waals surface area contributed by atoms with E-state index in [9.17, 15) is 9.59 Å². The van der Waals surface area contributed by atoms with E-state index in [0.29, 0.717) is 11.6 Å². The number of urea groups is 1. The quantitative estimate of drug-likeness (QED) is 0.786. The van der Waals surface area contributed by atoms with Gasteiger partial charge in [-0.3, -0.25) is 9.69 Å². The predicted octanol–water partition coefficient (Wildman–Crippen LogP) is 2.35. The van der Waals surface area contributed by atoms with Crippen molar-refractivity contribution in [2.45, 2.75) is 31.3 Å². The van der Waals surface area contributed by atoms with Crippen molar-refractivity contribution in [1.29, 1.82) is 0 Å². The monoisotopic (exact) mass is 319 g/mol. The highest BCUT2D eigenvalue weighted by Crippen LogP contribution is 2.32. The van der Waals surface area contributed by atoms with E-state index in [1.165, 1.54) is 4.90 Å². The Morgan fingerprint density at radius 2 is 1.82 bits per heavy atom. The van der Waals surface area contributed by atoms with E-state index in [1.54, 1.807) is 4.90 Å². The highest BCUT2D eigenvalue weighted by atomic mass is 35.5. The normalized spacial score (nSPS) is 28.0. The van der Waals surface area contributed by atoms with Crippen molar-refractivity contribution < 1.29 is 9.59 Å². The molecule has 3 aliphatic heterocycles. The molecule has 5 nitrogen and oxygen atoms in total. The van der Waals surface area contributed by atoms with Gasteiger partial charge in [-0.25, -0.2) is 4.79 Å². The van der Waals surface area contributed by atoms with E-state index >= 15 is 0 Å². The zero-order valence-electron chi connectivity index (χ0n) is 12.2. The molecule has 0 saturated carbocycles. The van der Waals surface area contributed by atoms with Gasteiger partial charge in [0.05, 0.1) is 6.04 Å². The fraction of sp³-hybridized carbons (Fsp3) is 0.500. The van der Waals surface area contributed by atoms with Gasteiger partial charge < -0.3 is 9.80 Å². The summed E-state index contributed by atoms with van der Waals surface area (Å²) in [5.74, 6) is 0.00505. The number of hydrogen-bond donors (Lipinski definition) is 0. The van der Waals surface area contributed by atoms with E-state index < -0.39 is 0 Å². The fourth-order valence-corrected chi connectivity index (χ4v) is 3.95. The van der Waals surface area contributed by atoms with Crippen LogP contribution in [0.15, 0.2) is 24.3 Å². The molecule has 1 aromatic carbocycles. The van der Waals surface area contributed by atoms with Gasteiger partial charge in [0.25, 0.3) is 5.91 Å². The number of rotatable bonds is 2. The Bertz CT molecular complexity index is 596. The van der Waals surface area contributed by atoms with Crippen molar-refractivity contribution in [3.05, 3.63) is 29.3 Å². The van der Waals surface area contributed by atoms with Crippen molar-refractivity contribution in [3.63, 3.8) is 0 Å². The second kappa shape index (κ2) is 5.16. The zero-order valence-corrected chi connectivity index (χ0v) is 13.0. The lowest BCUT2D eigenvalue weighted by Crippen LogP contribution is -2.43. The number of benzene rings is 1. The van der Waals surface area contributed by atoms with Gasteiger partial charge in [-0.1, -0.05) is 11.6 Å². The van der Waals surface area contributed by atoms with Crippen LogP contribution >= 0.6 is 11.6 Å². The maximum absolute atomic E-state index is 12.5. The first kappa shape index (κ1) is 13.9. The van der Waals surface area contributed by atoms with Crippen molar-refractivity contribution in [2.75, 3.05) is 24.5 Å². The number of fused-ring (bicyclic) bond motifs is 1. The fourth-order valence-electron chi connectivity index (χ4n) is 3.82. The predicted molar refractivity (Wildman–Crippen MR) is 84.0 cm³/mol. The lowest BCUT2D eigenvalue weighted by atomic mass is 10.2. The third-order valence-electron chi connectivity index (χ3n) is 4.95. The molecule has 3 fully saturated rings. The molecule has 6 heteroatoms. The summed E-state index contributed by atoms with van der Waals surface area (Å²) in [6, 6.07) is 7.40. The Hall–Kier alpha value is -1.75. The third kappa shape index (κ3) is 2.07. The molecule has 3 saturated heterocycles. The van der Waals surface area contributed by atoms with Crippen molar-refractivity contribution in [3.8, 4) is 0 Å². The van der Waals surface area contributed by atoms with Gasteiger partial charge in [0.15, 0.2) is 0 Å². The summed E-state index contributed by atoms with van der Waals surface area (Å²) < 4.78 is 0. The molecular formula is C16H18ClN3O2.